The van der Waals surface area contributed by atoms with E-state index in [9.17, 15) is 9.59 Å². The van der Waals surface area contributed by atoms with Gasteiger partial charge >= 0.3 is 0 Å². The number of H-pyrrole nitrogens is 1. The van der Waals surface area contributed by atoms with Crippen LogP contribution in [0.2, 0.25) is 0 Å². The van der Waals surface area contributed by atoms with Gasteiger partial charge in [-0.25, -0.2) is 0 Å². The highest BCUT2D eigenvalue weighted by Gasteiger charge is 2.18. The summed E-state index contributed by atoms with van der Waals surface area (Å²) < 4.78 is 11.1. The number of aromatic nitrogens is 2. The first-order valence-corrected chi connectivity index (χ1v) is 8.17. The van der Waals surface area contributed by atoms with E-state index in [0.29, 0.717) is 42.5 Å². The molecule has 0 bridgehead atoms. The molecule has 0 saturated carbocycles. The molecule has 1 aromatic carbocycles. The van der Waals surface area contributed by atoms with Crippen molar-refractivity contribution in [1.82, 2.24) is 20.8 Å². The zero-order chi connectivity index (χ0) is 17.6. The maximum Gasteiger partial charge on any atom is 0.255 e. The minimum absolute atomic E-state index is 0.0788. The van der Waals surface area contributed by atoms with Crippen molar-refractivity contribution in [2.45, 2.75) is 13.3 Å². The van der Waals surface area contributed by atoms with Crippen molar-refractivity contribution < 1.29 is 19.1 Å². The molecule has 0 unspecified atom stereocenters. The normalized spacial score (nSPS) is 12.5. The van der Waals surface area contributed by atoms with Crippen molar-refractivity contribution in [2.24, 2.45) is 0 Å². The van der Waals surface area contributed by atoms with E-state index in [-0.39, 0.29) is 18.4 Å². The molecular formula is C17H20N4O4. The summed E-state index contributed by atoms with van der Waals surface area (Å²) in [5, 5.41) is 12.1. The molecule has 8 heteroatoms. The molecular weight excluding hydrogens is 324 g/mol. The molecule has 0 saturated heterocycles. The van der Waals surface area contributed by atoms with Crippen LogP contribution in [0.1, 0.15) is 23.7 Å². The standard InChI is InChI=1S/C17H20N4O4/c1-2-5-18-15(22)10-19-17(23)12-9-20-21-16(12)11-3-4-13-14(8-11)25-7-6-24-13/h3-4,8-9H,2,5-7,10H2,1H3,(H,18,22)(H,19,23)(H,20,21). The summed E-state index contributed by atoms with van der Waals surface area (Å²) in [4.78, 5) is 24.0. The number of amides is 2. The van der Waals surface area contributed by atoms with Crippen LogP contribution in [0.5, 0.6) is 11.5 Å². The number of aromatic amines is 1. The number of rotatable bonds is 6. The summed E-state index contributed by atoms with van der Waals surface area (Å²) >= 11 is 0. The molecule has 0 radical (unpaired) electrons. The monoisotopic (exact) mass is 344 g/mol. The van der Waals surface area contributed by atoms with Crippen molar-refractivity contribution in [1.29, 1.82) is 0 Å². The van der Waals surface area contributed by atoms with Crippen molar-refractivity contribution in [3.63, 3.8) is 0 Å². The fourth-order valence-corrected chi connectivity index (χ4v) is 2.46. The second-order valence-electron chi connectivity index (χ2n) is 5.55. The first-order valence-electron chi connectivity index (χ1n) is 8.17. The van der Waals surface area contributed by atoms with Crippen LogP contribution in [0, 0.1) is 0 Å². The summed E-state index contributed by atoms with van der Waals surface area (Å²) in [6, 6.07) is 5.42. The number of hydrogen-bond acceptors (Lipinski definition) is 5. The third-order valence-electron chi connectivity index (χ3n) is 3.70. The average molecular weight is 344 g/mol. The first kappa shape index (κ1) is 16.8. The van der Waals surface area contributed by atoms with E-state index in [0.717, 1.165) is 12.0 Å². The fraction of sp³-hybridized carbons (Fsp3) is 0.353. The highest BCUT2D eigenvalue weighted by Crippen LogP contribution is 2.34. The number of fused-ring (bicyclic) bond motifs is 1. The maximum atomic E-state index is 12.4. The van der Waals surface area contributed by atoms with Crippen molar-refractivity contribution in [3.8, 4) is 22.8 Å². The van der Waals surface area contributed by atoms with Gasteiger partial charge in [0.1, 0.15) is 13.2 Å². The van der Waals surface area contributed by atoms with E-state index in [2.05, 4.69) is 20.8 Å². The van der Waals surface area contributed by atoms with E-state index < -0.39 is 0 Å². The van der Waals surface area contributed by atoms with Crippen LogP contribution >= 0.6 is 0 Å². The Bertz CT molecular complexity index is 772. The molecule has 25 heavy (non-hydrogen) atoms. The lowest BCUT2D eigenvalue weighted by atomic mass is 10.1. The number of carbonyl (C=O) groups is 2. The van der Waals surface area contributed by atoms with Crippen molar-refractivity contribution >= 4 is 11.8 Å². The highest BCUT2D eigenvalue weighted by atomic mass is 16.6. The van der Waals surface area contributed by atoms with Crippen LogP contribution in [0.3, 0.4) is 0 Å². The van der Waals surface area contributed by atoms with Gasteiger partial charge in [-0.1, -0.05) is 6.92 Å². The van der Waals surface area contributed by atoms with Gasteiger partial charge in [0, 0.05) is 12.1 Å². The third-order valence-corrected chi connectivity index (χ3v) is 3.70. The lowest BCUT2D eigenvalue weighted by molar-refractivity contribution is -0.120. The highest BCUT2D eigenvalue weighted by molar-refractivity contribution is 6.01. The number of hydrogen-bond donors (Lipinski definition) is 3. The second kappa shape index (κ2) is 7.69. The molecule has 2 heterocycles. The first-order chi connectivity index (χ1) is 12.2. The average Bonchev–Trinajstić information content (AvgIpc) is 3.14. The molecule has 0 atom stereocenters. The number of benzene rings is 1. The predicted octanol–water partition coefficient (Wildman–Crippen LogP) is 1.10. The van der Waals surface area contributed by atoms with Gasteiger partial charge < -0.3 is 20.1 Å². The molecule has 2 amide bonds. The van der Waals surface area contributed by atoms with E-state index >= 15 is 0 Å². The predicted molar refractivity (Wildman–Crippen MR) is 90.6 cm³/mol. The van der Waals surface area contributed by atoms with E-state index in [4.69, 9.17) is 9.47 Å². The molecule has 1 aliphatic rings. The van der Waals surface area contributed by atoms with Gasteiger partial charge in [-0.15, -0.1) is 0 Å². The van der Waals surface area contributed by atoms with Crippen LogP contribution in [0.25, 0.3) is 11.3 Å². The zero-order valence-electron chi connectivity index (χ0n) is 13.9. The lowest BCUT2D eigenvalue weighted by Crippen LogP contribution is -2.37. The van der Waals surface area contributed by atoms with Gasteiger partial charge in [0.2, 0.25) is 5.91 Å². The number of nitrogens with one attached hydrogen (secondary N) is 3. The Labute approximate surface area is 144 Å². The summed E-state index contributed by atoms with van der Waals surface area (Å²) in [5.74, 6) is 0.710. The smallest absolute Gasteiger partial charge is 0.255 e. The molecule has 0 fully saturated rings. The number of ether oxygens (including phenoxy) is 2. The van der Waals surface area contributed by atoms with Gasteiger partial charge in [0.05, 0.1) is 24.0 Å². The minimum Gasteiger partial charge on any atom is -0.486 e. The Hall–Kier alpha value is -3.03. The van der Waals surface area contributed by atoms with Gasteiger partial charge in [-0.2, -0.15) is 5.10 Å². The van der Waals surface area contributed by atoms with E-state index in [1.165, 1.54) is 6.20 Å². The molecule has 3 rings (SSSR count). The molecule has 8 nitrogen and oxygen atoms in total. The quantitative estimate of drug-likeness (QED) is 0.728. The molecule has 132 valence electrons. The number of carbonyl (C=O) groups excluding carboxylic acids is 2. The largest absolute Gasteiger partial charge is 0.486 e. The maximum absolute atomic E-state index is 12.4. The van der Waals surface area contributed by atoms with Crippen LogP contribution in [-0.2, 0) is 4.79 Å². The van der Waals surface area contributed by atoms with Crippen molar-refractivity contribution in [2.75, 3.05) is 26.3 Å². The zero-order valence-corrected chi connectivity index (χ0v) is 13.9. The van der Waals surface area contributed by atoms with Gasteiger partial charge in [-0.3, -0.25) is 14.7 Å². The molecule has 2 aromatic rings. The molecule has 1 aliphatic heterocycles. The van der Waals surface area contributed by atoms with E-state index in [1.54, 1.807) is 12.1 Å². The van der Waals surface area contributed by atoms with Crippen LogP contribution in [-0.4, -0.2) is 48.3 Å². The minimum atomic E-state index is -0.370. The SMILES string of the molecule is CCCNC(=O)CNC(=O)c1cn[nH]c1-c1ccc2c(c1)OCCO2. The third kappa shape index (κ3) is 3.90. The summed E-state index contributed by atoms with van der Waals surface area (Å²) in [7, 11) is 0. The topological polar surface area (TPSA) is 105 Å². The Kier molecular flexibility index (Phi) is 5.17. The van der Waals surface area contributed by atoms with Gasteiger partial charge in [0.15, 0.2) is 11.5 Å². The second-order valence-corrected chi connectivity index (χ2v) is 5.55. The summed E-state index contributed by atoms with van der Waals surface area (Å²) in [6.07, 6.45) is 2.28. The van der Waals surface area contributed by atoms with Gasteiger partial charge in [-0.05, 0) is 24.6 Å². The van der Waals surface area contributed by atoms with Crippen LogP contribution < -0.4 is 20.1 Å². The lowest BCUT2D eigenvalue weighted by Gasteiger charge is -2.18. The Morgan fingerprint density at radius 3 is 2.80 bits per heavy atom. The summed E-state index contributed by atoms with van der Waals surface area (Å²) in [6.45, 7) is 3.47. The Morgan fingerprint density at radius 1 is 1.20 bits per heavy atom. The van der Waals surface area contributed by atoms with Crippen molar-refractivity contribution in [3.05, 3.63) is 30.0 Å². The fourth-order valence-electron chi connectivity index (χ4n) is 2.46. The molecule has 0 spiro atoms. The Morgan fingerprint density at radius 2 is 2.00 bits per heavy atom. The van der Waals surface area contributed by atoms with E-state index in [1.807, 2.05) is 13.0 Å². The summed E-state index contributed by atoms with van der Waals surface area (Å²) in [5.41, 5.74) is 1.67. The van der Waals surface area contributed by atoms with Crippen LogP contribution in [0.4, 0.5) is 0 Å². The van der Waals surface area contributed by atoms with Crippen LogP contribution in [0.15, 0.2) is 24.4 Å². The molecule has 3 N–H and O–H groups in total. The molecule has 1 aromatic heterocycles. The number of nitrogens with zero attached hydrogens (tertiary/aromatic N) is 1. The molecule has 0 aliphatic carbocycles. The Balaban J connectivity index is 1.72. The van der Waals surface area contributed by atoms with Gasteiger partial charge in [0.25, 0.3) is 5.91 Å².